The van der Waals surface area contributed by atoms with Gasteiger partial charge in [-0.3, -0.25) is 4.90 Å². The molecule has 0 amide bonds. The highest BCUT2D eigenvalue weighted by molar-refractivity contribution is 4.95. The molecule has 0 saturated heterocycles. The van der Waals surface area contributed by atoms with E-state index in [1.807, 2.05) is 0 Å². The fraction of sp³-hybridized carbons (Fsp3) is 1.00. The third kappa shape index (κ3) is 3.96. The first-order valence-corrected chi connectivity index (χ1v) is 7.45. The molecule has 3 unspecified atom stereocenters. The Morgan fingerprint density at radius 3 is 2.71 bits per heavy atom. The second-order valence-corrected chi connectivity index (χ2v) is 6.40. The molecule has 0 bridgehead atoms. The molecule has 0 heterocycles. The third-order valence-electron chi connectivity index (χ3n) is 4.62. The molecule has 1 fully saturated rings. The molecular weight excluding hydrogens is 208 g/mol. The maximum atomic E-state index is 6.11. The molecule has 1 saturated carbocycles. The van der Waals surface area contributed by atoms with Crippen LogP contribution in [-0.2, 0) is 0 Å². The highest BCUT2D eigenvalue weighted by Gasteiger charge is 2.37. The van der Waals surface area contributed by atoms with Gasteiger partial charge in [0.1, 0.15) is 0 Å². The van der Waals surface area contributed by atoms with Gasteiger partial charge in [0.05, 0.1) is 0 Å². The first kappa shape index (κ1) is 15.0. The smallest absolute Gasteiger partial charge is 0.0331 e. The van der Waals surface area contributed by atoms with Crippen molar-refractivity contribution >= 4 is 0 Å². The molecule has 2 nitrogen and oxygen atoms in total. The van der Waals surface area contributed by atoms with Crippen LogP contribution in [-0.4, -0.2) is 30.6 Å². The van der Waals surface area contributed by atoms with Crippen LogP contribution in [0.1, 0.15) is 59.3 Å². The molecule has 2 N–H and O–H groups in total. The minimum absolute atomic E-state index is 0.291. The summed E-state index contributed by atoms with van der Waals surface area (Å²) in [4.78, 5) is 2.57. The summed E-state index contributed by atoms with van der Waals surface area (Å²) in [5.41, 5.74) is 6.40. The summed E-state index contributed by atoms with van der Waals surface area (Å²) < 4.78 is 0. The van der Waals surface area contributed by atoms with Crippen LogP contribution in [0.5, 0.6) is 0 Å². The Labute approximate surface area is 108 Å². The van der Waals surface area contributed by atoms with E-state index in [9.17, 15) is 0 Å². The lowest BCUT2D eigenvalue weighted by atomic mass is 9.75. The van der Waals surface area contributed by atoms with Crippen molar-refractivity contribution < 1.29 is 0 Å². The minimum Gasteiger partial charge on any atom is -0.329 e. The monoisotopic (exact) mass is 240 g/mol. The third-order valence-corrected chi connectivity index (χ3v) is 4.62. The molecule has 1 aliphatic carbocycles. The van der Waals surface area contributed by atoms with E-state index in [0.717, 1.165) is 18.4 Å². The van der Waals surface area contributed by atoms with Crippen LogP contribution in [0.25, 0.3) is 0 Å². The molecule has 0 aliphatic heterocycles. The average Bonchev–Trinajstić information content (AvgIpc) is 2.29. The fourth-order valence-electron chi connectivity index (χ4n) is 3.57. The Kier molecular flexibility index (Phi) is 5.94. The van der Waals surface area contributed by atoms with Gasteiger partial charge in [-0.25, -0.2) is 0 Å². The van der Waals surface area contributed by atoms with Gasteiger partial charge in [-0.1, -0.05) is 40.0 Å². The second kappa shape index (κ2) is 6.75. The molecule has 0 aromatic heterocycles. The SMILES string of the molecule is CCCC(C)CN(C)C1(CN)CCCC(C)C1. The lowest BCUT2D eigenvalue weighted by molar-refractivity contribution is 0.0497. The van der Waals surface area contributed by atoms with Crippen LogP contribution in [0.2, 0.25) is 0 Å². The van der Waals surface area contributed by atoms with Crippen molar-refractivity contribution in [3.05, 3.63) is 0 Å². The van der Waals surface area contributed by atoms with Crippen LogP contribution in [0, 0.1) is 11.8 Å². The highest BCUT2D eigenvalue weighted by atomic mass is 15.2. The van der Waals surface area contributed by atoms with Gasteiger partial charge in [0.2, 0.25) is 0 Å². The Morgan fingerprint density at radius 1 is 1.47 bits per heavy atom. The average molecular weight is 240 g/mol. The Morgan fingerprint density at radius 2 is 2.18 bits per heavy atom. The zero-order chi connectivity index (χ0) is 12.9. The Hall–Kier alpha value is -0.0800. The highest BCUT2D eigenvalue weighted by Crippen LogP contribution is 2.36. The zero-order valence-electron chi connectivity index (χ0n) is 12.3. The van der Waals surface area contributed by atoms with E-state index in [-0.39, 0.29) is 0 Å². The van der Waals surface area contributed by atoms with E-state index in [2.05, 4.69) is 32.7 Å². The van der Waals surface area contributed by atoms with Gasteiger partial charge in [-0.15, -0.1) is 0 Å². The van der Waals surface area contributed by atoms with Gasteiger partial charge in [0, 0.05) is 18.6 Å². The molecule has 2 heteroatoms. The standard InChI is InChI=1S/C15H32N2/c1-5-7-14(3)11-17(4)15(12-16)9-6-8-13(2)10-15/h13-14H,5-12,16H2,1-4H3. The molecular formula is C15H32N2. The number of nitrogens with two attached hydrogens (primary N) is 1. The van der Waals surface area contributed by atoms with Crippen molar-refractivity contribution in [1.82, 2.24) is 4.90 Å². The first-order valence-electron chi connectivity index (χ1n) is 7.45. The van der Waals surface area contributed by atoms with Crippen molar-refractivity contribution in [1.29, 1.82) is 0 Å². The molecule has 1 aliphatic rings. The topological polar surface area (TPSA) is 29.3 Å². The predicted molar refractivity (Wildman–Crippen MR) is 76.1 cm³/mol. The van der Waals surface area contributed by atoms with Gasteiger partial charge in [0.25, 0.3) is 0 Å². The maximum absolute atomic E-state index is 6.11. The first-order chi connectivity index (χ1) is 8.04. The molecule has 0 spiro atoms. The second-order valence-electron chi connectivity index (χ2n) is 6.40. The van der Waals surface area contributed by atoms with Gasteiger partial charge in [0.15, 0.2) is 0 Å². The Bertz CT molecular complexity index is 217. The van der Waals surface area contributed by atoms with Crippen LogP contribution in [0.4, 0.5) is 0 Å². The zero-order valence-corrected chi connectivity index (χ0v) is 12.3. The summed E-state index contributed by atoms with van der Waals surface area (Å²) in [6, 6.07) is 0. The summed E-state index contributed by atoms with van der Waals surface area (Å²) in [6.07, 6.45) is 7.95. The lowest BCUT2D eigenvalue weighted by Gasteiger charge is -2.47. The molecule has 102 valence electrons. The van der Waals surface area contributed by atoms with Gasteiger partial charge < -0.3 is 5.73 Å². The summed E-state index contributed by atoms with van der Waals surface area (Å²) in [7, 11) is 2.29. The van der Waals surface area contributed by atoms with E-state index < -0.39 is 0 Å². The van der Waals surface area contributed by atoms with Crippen molar-refractivity contribution in [3.8, 4) is 0 Å². The van der Waals surface area contributed by atoms with Crippen molar-refractivity contribution in [2.75, 3.05) is 20.1 Å². The number of hydrogen-bond donors (Lipinski definition) is 1. The van der Waals surface area contributed by atoms with Gasteiger partial charge >= 0.3 is 0 Å². The maximum Gasteiger partial charge on any atom is 0.0331 e. The molecule has 1 rings (SSSR count). The molecule has 0 radical (unpaired) electrons. The fourth-order valence-corrected chi connectivity index (χ4v) is 3.57. The lowest BCUT2D eigenvalue weighted by Crippen LogP contribution is -2.55. The predicted octanol–water partition coefficient (Wildman–Crippen LogP) is 3.26. The van der Waals surface area contributed by atoms with Crippen LogP contribution >= 0.6 is 0 Å². The quantitative estimate of drug-likeness (QED) is 0.772. The molecule has 0 aromatic carbocycles. The minimum atomic E-state index is 0.291. The normalized spacial score (nSPS) is 31.8. The van der Waals surface area contributed by atoms with Crippen LogP contribution in [0.3, 0.4) is 0 Å². The van der Waals surface area contributed by atoms with E-state index in [0.29, 0.717) is 5.54 Å². The molecule has 0 aromatic rings. The van der Waals surface area contributed by atoms with Gasteiger partial charge in [-0.2, -0.15) is 0 Å². The van der Waals surface area contributed by atoms with E-state index in [1.54, 1.807) is 0 Å². The van der Waals surface area contributed by atoms with Crippen molar-refractivity contribution in [2.45, 2.75) is 64.8 Å². The van der Waals surface area contributed by atoms with E-state index in [4.69, 9.17) is 5.73 Å². The largest absolute Gasteiger partial charge is 0.329 e. The summed E-state index contributed by atoms with van der Waals surface area (Å²) in [5, 5.41) is 0. The van der Waals surface area contributed by atoms with Crippen LogP contribution < -0.4 is 5.73 Å². The van der Waals surface area contributed by atoms with Crippen LogP contribution in [0.15, 0.2) is 0 Å². The summed E-state index contributed by atoms with van der Waals surface area (Å²) in [5.74, 6) is 1.64. The van der Waals surface area contributed by atoms with E-state index in [1.165, 1.54) is 45.1 Å². The number of nitrogens with zero attached hydrogens (tertiary/aromatic N) is 1. The summed E-state index contributed by atoms with van der Waals surface area (Å²) >= 11 is 0. The van der Waals surface area contributed by atoms with E-state index >= 15 is 0 Å². The summed E-state index contributed by atoms with van der Waals surface area (Å²) in [6.45, 7) is 9.06. The number of hydrogen-bond acceptors (Lipinski definition) is 2. The number of rotatable bonds is 6. The van der Waals surface area contributed by atoms with Crippen molar-refractivity contribution in [3.63, 3.8) is 0 Å². The van der Waals surface area contributed by atoms with Crippen molar-refractivity contribution in [2.24, 2.45) is 17.6 Å². The van der Waals surface area contributed by atoms with Gasteiger partial charge in [-0.05, 0) is 38.1 Å². The molecule has 3 atom stereocenters. The Balaban J connectivity index is 2.58. The number of likely N-dealkylation sites (N-methyl/N-ethyl adjacent to an activating group) is 1. The molecule has 17 heavy (non-hydrogen) atoms.